The van der Waals surface area contributed by atoms with Gasteiger partial charge in [-0.15, -0.1) is 0 Å². The second kappa shape index (κ2) is 4.25. The van der Waals surface area contributed by atoms with E-state index < -0.39 is 11.5 Å². The third-order valence-electron chi connectivity index (χ3n) is 3.35. The van der Waals surface area contributed by atoms with Crippen LogP contribution in [-0.4, -0.2) is 32.7 Å². The van der Waals surface area contributed by atoms with E-state index in [9.17, 15) is 9.90 Å². The Morgan fingerprint density at radius 2 is 2.56 bits per heavy atom. The zero-order valence-electron chi connectivity index (χ0n) is 9.44. The molecule has 16 heavy (non-hydrogen) atoms. The maximum absolute atomic E-state index is 11.3. The van der Waals surface area contributed by atoms with Crippen molar-refractivity contribution in [2.45, 2.75) is 31.2 Å². The van der Waals surface area contributed by atoms with Crippen LogP contribution in [0.15, 0.2) is 12.4 Å². The standard InChI is InChI=1S/C11H17N3O2/c1-14-8-7-12-9(14)3-5-11(10(15)16)4-2-6-13-11/h7-8,13H,2-6H2,1H3,(H,15,16). The van der Waals surface area contributed by atoms with Gasteiger partial charge in [0.15, 0.2) is 0 Å². The lowest BCUT2D eigenvalue weighted by Crippen LogP contribution is -2.48. The Morgan fingerprint density at radius 1 is 1.75 bits per heavy atom. The number of aliphatic carboxylic acids is 1. The third-order valence-corrected chi connectivity index (χ3v) is 3.35. The SMILES string of the molecule is Cn1ccnc1CCC1(C(=O)O)CCCN1. The molecule has 2 heterocycles. The van der Waals surface area contributed by atoms with Crippen LogP contribution in [0.4, 0.5) is 0 Å². The highest BCUT2D eigenvalue weighted by atomic mass is 16.4. The number of nitrogens with zero attached hydrogens (tertiary/aromatic N) is 2. The summed E-state index contributed by atoms with van der Waals surface area (Å²) in [5, 5.41) is 12.4. The lowest BCUT2D eigenvalue weighted by Gasteiger charge is -2.24. The number of carboxylic acid groups (broad SMARTS) is 1. The second-order valence-corrected chi connectivity index (χ2v) is 4.37. The molecule has 1 atom stereocenters. The summed E-state index contributed by atoms with van der Waals surface area (Å²) >= 11 is 0. The van der Waals surface area contributed by atoms with E-state index in [-0.39, 0.29) is 0 Å². The lowest BCUT2D eigenvalue weighted by molar-refractivity contribution is -0.144. The van der Waals surface area contributed by atoms with Crippen LogP contribution in [-0.2, 0) is 18.3 Å². The highest BCUT2D eigenvalue weighted by Crippen LogP contribution is 2.25. The van der Waals surface area contributed by atoms with Crippen molar-refractivity contribution in [2.75, 3.05) is 6.54 Å². The quantitative estimate of drug-likeness (QED) is 0.782. The van der Waals surface area contributed by atoms with E-state index in [1.54, 1.807) is 6.20 Å². The van der Waals surface area contributed by atoms with Crippen molar-refractivity contribution >= 4 is 5.97 Å². The van der Waals surface area contributed by atoms with E-state index in [2.05, 4.69) is 10.3 Å². The second-order valence-electron chi connectivity index (χ2n) is 4.37. The first-order valence-corrected chi connectivity index (χ1v) is 5.59. The van der Waals surface area contributed by atoms with Crippen LogP contribution in [0.5, 0.6) is 0 Å². The van der Waals surface area contributed by atoms with Gasteiger partial charge in [-0.25, -0.2) is 4.98 Å². The molecular weight excluding hydrogens is 206 g/mol. The summed E-state index contributed by atoms with van der Waals surface area (Å²) < 4.78 is 1.94. The van der Waals surface area contributed by atoms with Gasteiger partial charge in [0.25, 0.3) is 0 Å². The number of carboxylic acids is 1. The molecule has 5 nitrogen and oxygen atoms in total. The number of imidazole rings is 1. The van der Waals surface area contributed by atoms with Crippen molar-refractivity contribution < 1.29 is 9.90 Å². The average Bonchev–Trinajstić information content (AvgIpc) is 2.84. The molecule has 5 heteroatoms. The Labute approximate surface area is 94.5 Å². The maximum atomic E-state index is 11.3. The molecule has 1 aromatic heterocycles. The third kappa shape index (κ3) is 1.95. The van der Waals surface area contributed by atoms with Gasteiger partial charge in [-0.2, -0.15) is 0 Å². The van der Waals surface area contributed by atoms with Crippen LogP contribution in [0.3, 0.4) is 0 Å². The maximum Gasteiger partial charge on any atom is 0.323 e. The number of hydrogen-bond donors (Lipinski definition) is 2. The Morgan fingerprint density at radius 3 is 3.06 bits per heavy atom. The van der Waals surface area contributed by atoms with Gasteiger partial charge >= 0.3 is 5.97 Å². The molecule has 0 saturated carbocycles. The highest BCUT2D eigenvalue weighted by molar-refractivity contribution is 5.79. The summed E-state index contributed by atoms with van der Waals surface area (Å²) in [4.78, 5) is 15.5. The monoisotopic (exact) mass is 223 g/mol. The van der Waals surface area contributed by atoms with E-state index >= 15 is 0 Å². The van der Waals surface area contributed by atoms with E-state index in [1.165, 1.54) is 0 Å². The molecule has 0 spiro atoms. The topological polar surface area (TPSA) is 67.2 Å². The van der Waals surface area contributed by atoms with Gasteiger partial charge in [0.2, 0.25) is 0 Å². The van der Waals surface area contributed by atoms with Gasteiger partial charge in [-0.05, 0) is 25.8 Å². The van der Waals surface area contributed by atoms with Crippen molar-refractivity contribution in [1.82, 2.24) is 14.9 Å². The van der Waals surface area contributed by atoms with E-state index in [0.29, 0.717) is 19.3 Å². The molecule has 0 aromatic carbocycles. The van der Waals surface area contributed by atoms with Gasteiger partial charge < -0.3 is 15.0 Å². The fourth-order valence-electron chi connectivity index (χ4n) is 2.27. The molecule has 0 amide bonds. The number of hydrogen-bond acceptors (Lipinski definition) is 3. The Balaban J connectivity index is 2.03. The van der Waals surface area contributed by atoms with Crippen LogP contribution in [0.1, 0.15) is 25.1 Å². The molecule has 0 aliphatic carbocycles. The predicted molar refractivity (Wildman–Crippen MR) is 59.1 cm³/mol. The normalized spacial score (nSPS) is 24.8. The predicted octanol–water partition coefficient (Wildman–Crippen LogP) is 0.559. The molecule has 1 aromatic rings. The Hall–Kier alpha value is -1.36. The average molecular weight is 223 g/mol. The number of nitrogens with one attached hydrogen (secondary N) is 1. The van der Waals surface area contributed by atoms with E-state index in [4.69, 9.17) is 0 Å². The molecule has 88 valence electrons. The first-order valence-electron chi connectivity index (χ1n) is 5.59. The van der Waals surface area contributed by atoms with Gasteiger partial charge in [-0.3, -0.25) is 4.79 Å². The molecular formula is C11H17N3O2. The van der Waals surface area contributed by atoms with Crippen LogP contribution in [0.25, 0.3) is 0 Å². The first-order chi connectivity index (χ1) is 7.64. The number of aryl methyl sites for hydroxylation is 2. The highest BCUT2D eigenvalue weighted by Gasteiger charge is 2.40. The summed E-state index contributed by atoms with van der Waals surface area (Å²) in [5.74, 6) is 0.202. The molecule has 0 radical (unpaired) electrons. The van der Waals surface area contributed by atoms with Crippen LogP contribution < -0.4 is 5.32 Å². The molecule has 2 rings (SSSR count). The smallest absolute Gasteiger partial charge is 0.323 e. The van der Waals surface area contributed by atoms with Crippen LogP contribution in [0.2, 0.25) is 0 Å². The molecule has 1 unspecified atom stereocenters. The lowest BCUT2D eigenvalue weighted by atomic mass is 9.91. The van der Waals surface area contributed by atoms with E-state index in [0.717, 1.165) is 18.8 Å². The molecule has 2 N–H and O–H groups in total. The van der Waals surface area contributed by atoms with Gasteiger partial charge in [0.1, 0.15) is 11.4 Å². The minimum atomic E-state index is -0.737. The van der Waals surface area contributed by atoms with Crippen molar-refractivity contribution in [2.24, 2.45) is 7.05 Å². The molecule has 1 saturated heterocycles. The molecule has 0 bridgehead atoms. The van der Waals surface area contributed by atoms with Crippen LogP contribution in [0, 0.1) is 0 Å². The minimum absolute atomic E-state index is 0.604. The summed E-state index contributed by atoms with van der Waals surface area (Å²) in [5.41, 5.74) is -0.730. The van der Waals surface area contributed by atoms with Gasteiger partial charge in [-0.1, -0.05) is 0 Å². The van der Waals surface area contributed by atoms with Crippen molar-refractivity contribution in [1.29, 1.82) is 0 Å². The Kier molecular flexibility index (Phi) is 2.96. The number of aromatic nitrogens is 2. The van der Waals surface area contributed by atoms with E-state index in [1.807, 2.05) is 17.8 Å². The number of rotatable bonds is 4. The molecule has 1 fully saturated rings. The number of carbonyl (C=O) groups is 1. The summed E-state index contributed by atoms with van der Waals surface area (Å²) in [6, 6.07) is 0. The van der Waals surface area contributed by atoms with Crippen LogP contribution >= 0.6 is 0 Å². The Bertz CT molecular complexity index is 380. The summed E-state index contributed by atoms with van der Waals surface area (Å²) in [6.07, 6.45) is 6.57. The minimum Gasteiger partial charge on any atom is -0.480 e. The van der Waals surface area contributed by atoms with Crippen molar-refractivity contribution in [3.05, 3.63) is 18.2 Å². The fraction of sp³-hybridized carbons (Fsp3) is 0.636. The fourth-order valence-corrected chi connectivity index (χ4v) is 2.27. The van der Waals surface area contributed by atoms with Crippen molar-refractivity contribution in [3.63, 3.8) is 0 Å². The summed E-state index contributed by atoms with van der Waals surface area (Å²) in [6.45, 7) is 0.798. The first kappa shape index (κ1) is 11.1. The largest absolute Gasteiger partial charge is 0.480 e. The molecule has 1 aliphatic rings. The van der Waals surface area contributed by atoms with Gasteiger partial charge in [0.05, 0.1) is 0 Å². The van der Waals surface area contributed by atoms with Gasteiger partial charge in [0, 0.05) is 25.9 Å². The zero-order chi connectivity index (χ0) is 11.6. The zero-order valence-corrected chi connectivity index (χ0v) is 9.44. The molecule has 1 aliphatic heterocycles. The van der Waals surface area contributed by atoms with Crippen molar-refractivity contribution in [3.8, 4) is 0 Å². The summed E-state index contributed by atoms with van der Waals surface area (Å²) in [7, 11) is 1.93.